The van der Waals surface area contributed by atoms with Gasteiger partial charge in [-0.3, -0.25) is 10.1 Å². The van der Waals surface area contributed by atoms with Crippen LogP contribution in [0.1, 0.15) is 32.8 Å². The highest BCUT2D eigenvalue weighted by Crippen LogP contribution is 2.23. The van der Waals surface area contributed by atoms with E-state index in [2.05, 4.69) is 5.32 Å². The van der Waals surface area contributed by atoms with E-state index >= 15 is 0 Å². The molecule has 0 aliphatic heterocycles. The fourth-order valence-electron chi connectivity index (χ4n) is 1.92. The summed E-state index contributed by atoms with van der Waals surface area (Å²) in [6, 6.07) is 3.09. The van der Waals surface area contributed by atoms with Crippen LogP contribution in [-0.2, 0) is 16.0 Å². The van der Waals surface area contributed by atoms with Crippen LogP contribution in [0.25, 0.3) is 0 Å². The first-order valence-electron chi connectivity index (χ1n) is 7.24. The molecule has 1 aromatic rings. The summed E-state index contributed by atoms with van der Waals surface area (Å²) >= 11 is 0. The molecule has 0 radical (unpaired) electrons. The van der Waals surface area contributed by atoms with Gasteiger partial charge in [0.25, 0.3) is 5.69 Å². The molecule has 0 spiro atoms. The minimum Gasteiger partial charge on any atom is -0.480 e. The topological polar surface area (TPSA) is 145 Å². The fourth-order valence-corrected chi connectivity index (χ4v) is 1.92. The molecule has 4 N–H and O–H groups in total. The lowest BCUT2D eigenvalue weighted by atomic mass is 10.0. The first kappa shape index (κ1) is 19.2. The molecular formula is C15H21N3O6. The van der Waals surface area contributed by atoms with Crippen molar-refractivity contribution in [1.82, 2.24) is 5.32 Å². The van der Waals surface area contributed by atoms with Gasteiger partial charge in [0, 0.05) is 6.07 Å². The van der Waals surface area contributed by atoms with Gasteiger partial charge in [-0.2, -0.15) is 0 Å². The van der Waals surface area contributed by atoms with Gasteiger partial charge in [-0.1, -0.05) is 6.07 Å². The highest BCUT2D eigenvalue weighted by atomic mass is 16.6. The Morgan fingerprint density at radius 1 is 1.42 bits per heavy atom. The van der Waals surface area contributed by atoms with Crippen molar-refractivity contribution >= 4 is 23.4 Å². The van der Waals surface area contributed by atoms with E-state index < -0.39 is 28.6 Å². The Balaban J connectivity index is 2.74. The normalized spacial score (nSPS) is 12.3. The van der Waals surface area contributed by atoms with Crippen LogP contribution >= 0.6 is 0 Å². The van der Waals surface area contributed by atoms with Gasteiger partial charge in [-0.15, -0.1) is 0 Å². The number of aryl methyl sites for hydroxylation is 1. The van der Waals surface area contributed by atoms with Crippen molar-refractivity contribution in [1.29, 1.82) is 0 Å². The number of benzene rings is 1. The third-order valence-electron chi connectivity index (χ3n) is 3.00. The molecule has 0 aliphatic carbocycles. The number of alkyl carbamates (subject to hydrolysis) is 1. The van der Waals surface area contributed by atoms with Crippen molar-refractivity contribution < 1.29 is 24.4 Å². The van der Waals surface area contributed by atoms with E-state index in [-0.39, 0.29) is 24.2 Å². The number of nitrogens with two attached hydrogens (primary N) is 1. The summed E-state index contributed by atoms with van der Waals surface area (Å²) < 4.78 is 5.02. The number of hydrogen-bond donors (Lipinski definition) is 3. The molecule has 132 valence electrons. The number of nitrogens with one attached hydrogen (secondary N) is 1. The maximum Gasteiger partial charge on any atom is 0.408 e. The molecule has 0 bridgehead atoms. The van der Waals surface area contributed by atoms with Gasteiger partial charge in [-0.05, 0) is 45.2 Å². The fraction of sp³-hybridized carbons (Fsp3) is 0.467. The monoisotopic (exact) mass is 339 g/mol. The molecule has 9 heteroatoms. The lowest BCUT2D eigenvalue weighted by molar-refractivity contribution is -0.384. The van der Waals surface area contributed by atoms with Crippen LogP contribution in [0.5, 0.6) is 0 Å². The Hall–Kier alpha value is -2.84. The van der Waals surface area contributed by atoms with Crippen LogP contribution in [0.2, 0.25) is 0 Å². The molecule has 0 saturated carbocycles. The zero-order valence-corrected chi connectivity index (χ0v) is 13.7. The van der Waals surface area contributed by atoms with Crippen LogP contribution in [0.4, 0.5) is 16.2 Å². The number of nitrogens with zero attached hydrogens (tertiary/aromatic N) is 1. The van der Waals surface area contributed by atoms with E-state index in [0.29, 0.717) is 5.56 Å². The molecule has 1 atom stereocenters. The van der Waals surface area contributed by atoms with E-state index in [1.54, 1.807) is 26.8 Å². The number of hydrogen-bond acceptors (Lipinski definition) is 6. The number of aliphatic carboxylic acids is 1. The second-order valence-electron chi connectivity index (χ2n) is 6.23. The van der Waals surface area contributed by atoms with E-state index in [0.717, 1.165) is 0 Å². The van der Waals surface area contributed by atoms with Gasteiger partial charge in [0.2, 0.25) is 0 Å². The number of ether oxygens (including phenoxy) is 1. The van der Waals surface area contributed by atoms with Crippen LogP contribution in [0, 0.1) is 10.1 Å². The van der Waals surface area contributed by atoms with Crippen LogP contribution in [0.3, 0.4) is 0 Å². The predicted octanol–water partition coefficient (Wildman–Crippen LogP) is 2.09. The Kier molecular flexibility index (Phi) is 6.10. The van der Waals surface area contributed by atoms with E-state index in [4.69, 9.17) is 10.5 Å². The Morgan fingerprint density at radius 3 is 2.54 bits per heavy atom. The van der Waals surface area contributed by atoms with Crippen molar-refractivity contribution in [3.05, 3.63) is 33.9 Å². The van der Waals surface area contributed by atoms with Gasteiger partial charge < -0.3 is 20.9 Å². The lowest BCUT2D eigenvalue weighted by Crippen LogP contribution is -2.43. The minimum atomic E-state index is -1.22. The molecule has 0 heterocycles. The lowest BCUT2D eigenvalue weighted by Gasteiger charge is -2.22. The second kappa shape index (κ2) is 7.62. The summed E-state index contributed by atoms with van der Waals surface area (Å²) in [5.41, 5.74) is 5.11. The Morgan fingerprint density at radius 2 is 2.04 bits per heavy atom. The summed E-state index contributed by atoms with van der Waals surface area (Å²) in [5.74, 6) is -1.22. The van der Waals surface area contributed by atoms with Crippen molar-refractivity contribution in [2.75, 3.05) is 5.73 Å². The van der Waals surface area contributed by atoms with Gasteiger partial charge in [0.15, 0.2) is 0 Å². The zero-order valence-electron chi connectivity index (χ0n) is 13.7. The number of carbonyl (C=O) groups is 2. The van der Waals surface area contributed by atoms with Gasteiger partial charge in [0.1, 0.15) is 17.3 Å². The molecule has 0 fully saturated rings. The summed E-state index contributed by atoms with van der Waals surface area (Å²) in [5, 5.41) is 22.3. The number of carbonyl (C=O) groups excluding carboxylic acids is 1. The maximum atomic E-state index is 11.7. The van der Waals surface area contributed by atoms with E-state index in [1.807, 2.05) is 0 Å². The highest BCUT2D eigenvalue weighted by Gasteiger charge is 2.24. The summed E-state index contributed by atoms with van der Waals surface area (Å²) in [7, 11) is 0. The summed E-state index contributed by atoms with van der Waals surface area (Å²) in [6.07, 6.45) is -0.568. The number of carboxylic acid groups (broad SMARTS) is 1. The van der Waals surface area contributed by atoms with Crippen molar-refractivity contribution in [3.63, 3.8) is 0 Å². The smallest absolute Gasteiger partial charge is 0.408 e. The number of anilines is 1. The van der Waals surface area contributed by atoms with Crippen LogP contribution < -0.4 is 11.1 Å². The van der Waals surface area contributed by atoms with Crippen molar-refractivity contribution in [2.45, 2.75) is 45.3 Å². The number of nitro groups is 1. The van der Waals surface area contributed by atoms with Gasteiger partial charge in [0.05, 0.1) is 4.92 Å². The minimum absolute atomic E-state index is 0.0328. The molecule has 0 aromatic heterocycles. The predicted molar refractivity (Wildman–Crippen MR) is 86.6 cm³/mol. The van der Waals surface area contributed by atoms with E-state index in [1.165, 1.54) is 12.1 Å². The molecule has 1 amide bonds. The maximum absolute atomic E-state index is 11.7. The quantitative estimate of drug-likeness (QED) is 0.408. The van der Waals surface area contributed by atoms with Crippen molar-refractivity contribution in [2.24, 2.45) is 0 Å². The zero-order chi connectivity index (χ0) is 18.5. The number of rotatable bonds is 6. The standard InChI is InChI=1S/C15H21N3O6/c1-15(2,3)24-14(21)17-11(13(19)20)7-5-9-4-6-10(16)12(8-9)18(22)23/h4,6,8,11H,5,7,16H2,1-3H3,(H,17,21)(H,19,20). The molecular weight excluding hydrogens is 318 g/mol. The number of amides is 1. The first-order valence-corrected chi connectivity index (χ1v) is 7.24. The van der Waals surface area contributed by atoms with Crippen LogP contribution in [-0.4, -0.2) is 33.7 Å². The molecule has 1 unspecified atom stereocenters. The third kappa shape index (κ3) is 6.11. The van der Waals surface area contributed by atoms with Crippen molar-refractivity contribution in [3.8, 4) is 0 Å². The largest absolute Gasteiger partial charge is 0.480 e. The molecule has 1 rings (SSSR count). The molecule has 24 heavy (non-hydrogen) atoms. The first-order chi connectivity index (χ1) is 11.0. The second-order valence-corrected chi connectivity index (χ2v) is 6.23. The molecule has 0 aliphatic rings. The number of nitrogen functional groups attached to an aromatic ring is 1. The Labute approximate surface area is 138 Å². The average Bonchev–Trinajstić information content (AvgIpc) is 2.42. The van der Waals surface area contributed by atoms with Gasteiger partial charge >= 0.3 is 12.1 Å². The SMILES string of the molecule is CC(C)(C)OC(=O)NC(CCc1ccc(N)c([N+](=O)[O-])c1)C(=O)O. The highest BCUT2D eigenvalue weighted by molar-refractivity contribution is 5.80. The number of nitro benzene ring substituents is 1. The third-order valence-corrected chi connectivity index (χ3v) is 3.00. The van der Waals surface area contributed by atoms with Crippen LogP contribution in [0.15, 0.2) is 18.2 Å². The Bertz CT molecular complexity index is 639. The van der Waals surface area contributed by atoms with E-state index in [9.17, 15) is 24.8 Å². The molecule has 1 aromatic carbocycles. The van der Waals surface area contributed by atoms with Gasteiger partial charge in [-0.25, -0.2) is 9.59 Å². The number of carboxylic acids is 1. The molecule has 9 nitrogen and oxygen atoms in total. The molecule has 0 saturated heterocycles. The average molecular weight is 339 g/mol. The summed E-state index contributed by atoms with van der Waals surface area (Å²) in [4.78, 5) is 33.2. The summed E-state index contributed by atoms with van der Waals surface area (Å²) in [6.45, 7) is 4.99.